The minimum atomic E-state index is -0.104. The van der Waals surface area contributed by atoms with Gasteiger partial charge in [-0.25, -0.2) is 5.01 Å². The lowest BCUT2D eigenvalue weighted by atomic mass is 9.94. The molecule has 154 valence electrons. The third-order valence-electron chi connectivity index (χ3n) is 5.16. The summed E-state index contributed by atoms with van der Waals surface area (Å²) >= 11 is 0. The van der Waals surface area contributed by atoms with Crippen LogP contribution in [0, 0.1) is 5.92 Å². The van der Waals surface area contributed by atoms with Crippen LogP contribution < -0.4 is 15.4 Å². The van der Waals surface area contributed by atoms with Crippen molar-refractivity contribution in [1.82, 2.24) is 15.0 Å². The van der Waals surface area contributed by atoms with Crippen molar-refractivity contribution < 1.29 is 9.53 Å². The Labute approximate surface area is 171 Å². The number of allylic oxidation sites excluding steroid dienone is 3. The summed E-state index contributed by atoms with van der Waals surface area (Å²) < 4.78 is 5.10. The Bertz CT molecular complexity index is 840. The minimum Gasteiger partial charge on any atom is -0.467 e. The first-order valence-corrected chi connectivity index (χ1v) is 9.80. The summed E-state index contributed by atoms with van der Waals surface area (Å²) in [6, 6.07) is 1.87. The molecule has 1 saturated heterocycles. The first-order chi connectivity index (χ1) is 14.0. The number of carbonyl (C=O) groups excluding carboxylic acids is 1. The highest BCUT2D eigenvalue weighted by Gasteiger charge is 2.35. The highest BCUT2D eigenvalue weighted by Crippen LogP contribution is 2.28. The van der Waals surface area contributed by atoms with Crippen LogP contribution in [0.25, 0.3) is 0 Å². The zero-order valence-corrected chi connectivity index (χ0v) is 17.0. The van der Waals surface area contributed by atoms with E-state index in [1.165, 1.54) is 7.11 Å². The molecule has 8 nitrogen and oxygen atoms in total. The summed E-state index contributed by atoms with van der Waals surface area (Å²) in [7, 11) is 1.51. The molecule has 1 aromatic rings. The number of nitrogens with zero attached hydrogens (tertiary/aromatic N) is 5. The number of amides is 1. The number of nitrogen functional groups attached to an aromatic ring is 1. The van der Waals surface area contributed by atoms with Gasteiger partial charge in [0.05, 0.1) is 13.2 Å². The fraction of sp³-hybridized carbons (Fsp3) is 0.429. The Morgan fingerprint density at radius 2 is 2.07 bits per heavy atom. The second-order valence-corrected chi connectivity index (χ2v) is 7.09. The van der Waals surface area contributed by atoms with Gasteiger partial charge in [-0.3, -0.25) is 4.79 Å². The van der Waals surface area contributed by atoms with E-state index in [0.29, 0.717) is 25.3 Å². The van der Waals surface area contributed by atoms with Gasteiger partial charge >= 0.3 is 6.01 Å². The van der Waals surface area contributed by atoms with E-state index >= 15 is 0 Å². The Hall–Kier alpha value is -3.16. The highest BCUT2D eigenvalue weighted by molar-refractivity contribution is 5.82. The average Bonchev–Trinajstić information content (AvgIpc) is 3.23. The Morgan fingerprint density at radius 3 is 2.76 bits per heavy atom. The van der Waals surface area contributed by atoms with Gasteiger partial charge in [-0.1, -0.05) is 30.9 Å². The number of anilines is 2. The lowest BCUT2D eigenvalue weighted by Gasteiger charge is -2.34. The summed E-state index contributed by atoms with van der Waals surface area (Å²) in [6.45, 7) is 7.50. The largest absolute Gasteiger partial charge is 0.467 e. The molecule has 0 aliphatic carbocycles. The molecule has 0 bridgehead atoms. The lowest BCUT2D eigenvalue weighted by Crippen LogP contribution is -2.43. The number of aromatic nitrogens is 2. The molecule has 0 radical (unpaired) electrons. The van der Waals surface area contributed by atoms with Crippen molar-refractivity contribution in [1.29, 1.82) is 0 Å². The van der Waals surface area contributed by atoms with E-state index in [9.17, 15) is 4.79 Å². The first-order valence-electron chi connectivity index (χ1n) is 9.80. The van der Waals surface area contributed by atoms with Crippen LogP contribution in [0.3, 0.4) is 0 Å². The normalized spacial score (nSPS) is 20.1. The van der Waals surface area contributed by atoms with E-state index in [4.69, 9.17) is 10.5 Å². The molecule has 3 rings (SSSR count). The van der Waals surface area contributed by atoms with E-state index in [1.54, 1.807) is 17.3 Å². The fourth-order valence-corrected chi connectivity index (χ4v) is 3.56. The van der Waals surface area contributed by atoms with E-state index in [0.717, 1.165) is 24.2 Å². The molecule has 0 unspecified atom stereocenters. The zero-order chi connectivity index (χ0) is 20.8. The van der Waals surface area contributed by atoms with Gasteiger partial charge in [-0.15, -0.1) is 0 Å². The van der Waals surface area contributed by atoms with E-state index in [-0.39, 0.29) is 23.9 Å². The maximum atomic E-state index is 13.1. The predicted octanol–water partition coefficient (Wildman–Crippen LogP) is 2.56. The van der Waals surface area contributed by atoms with Crippen LogP contribution in [-0.2, 0) is 4.79 Å². The van der Waals surface area contributed by atoms with Gasteiger partial charge in [-0.2, -0.15) is 15.1 Å². The molecule has 0 spiro atoms. The summed E-state index contributed by atoms with van der Waals surface area (Å²) in [5.74, 6) is 1.07. The van der Waals surface area contributed by atoms with Crippen LogP contribution >= 0.6 is 0 Å². The number of methoxy groups -OCH3 is 1. The number of hydrazone groups is 1. The van der Waals surface area contributed by atoms with Crippen LogP contribution in [0.1, 0.15) is 26.2 Å². The summed E-state index contributed by atoms with van der Waals surface area (Å²) in [4.78, 5) is 23.6. The third-order valence-corrected chi connectivity index (χ3v) is 5.16. The number of piperidine rings is 1. The molecule has 1 aromatic heterocycles. The summed E-state index contributed by atoms with van der Waals surface area (Å²) in [6.07, 6.45) is 11.7. The molecule has 29 heavy (non-hydrogen) atoms. The summed E-state index contributed by atoms with van der Waals surface area (Å²) in [5.41, 5.74) is 6.72. The van der Waals surface area contributed by atoms with Crippen molar-refractivity contribution in [2.75, 3.05) is 30.8 Å². The number of ether oxygens (including phenoxy) is 1. The predicted molar refractivity (Wildman–Crippen MR) is 115 cm³/mol. The third kappa shape index (κ3) is 4.82. The molecule has 2 N–H and O–H groups in total. The standard InChI is InChI=1S/C21H28N6O2/c1-4-5-6-7-15(2)17-8-11-23-27(17)20(28)16-9-12-26(13-10-16)19-14-18(22)24-21(25-19)29-3/h4-7,11,14,16-17H,2,8-10,12-13H2,1,3H3,(H2,22,24,25)/b5-4-,7-6-/t17-/m0/s1. The highest BCUT2D eigenvalue weighted by atomic mass is 16.5. The lowest BCUT2D eigenvalue weighted by molar-refractivity contribution is -0.137. The molecule has 0 saturated carbocycles. The van der Waals surface area contributed by atoms with Crippen molar-refractivity contribution in [2.45, 2.75) is 32.2 Å². The van der Waals surface area contributed by atoms with Crippen molar-refractivity contribution >= 4 is 23.8 Å². The van der Waals surface area contributed by atoms with Crippen LogP contribution in [0.4, 0.5) is 11.6 Å². The van der Waals surface area contributed by atoms with Gasteiger partial charge in [0.25, 0.3) is 0 Å². The SMILES string of the molecule is C=C(/C=C\C=C/C)[C@@H]1CC=NN1C(=O)C1CCN(c2cc(N)nc(OC)n2)CC1. The van der Waals surface area contributed by atoms with Crippen LogP contribution in [0.15, 0.2) is 47.6 Å². The van der Waals surface area contributed by atoms with Gasteiger partial charge in [0.2, 0.25) is 5.91 Å². The molecule has 0 aromatic carbocycles. The van der Waals surface area contributed by atoms with Gasteiger partial charge in [0.1, 0.15) is 11.6 Å². The second kappa shape index (κ2) is 9.36. The molecule has 2 aliphatic heterocycles. The van der Waals surface area contributed by atoms with Gasteiger partial charge < -0.3 is 15.4 Å². The zero-order valence-electron chi connectivity index (χ0n) is 17.0. The fourth-order valence-electron chi connectivity index (χ4n) is 3.56. The van der Waals surface area contributed by atoms with Gasteiger partial charge in [-0.05, 0) is 25.3 Å². The molecule has 3 heterocycles. The molecule has 1 fully saturated rings. The van der Waals surface area contributed by atoms with Gasteiger partial charge in [0, 0.05) is 37.7 Å². The van der Waals surface area contributed by atoms with Crippen molar-refractivity contribution in [3.8, 4) is 6.01 Å². The maximum absolute atomic E-state index is 13.1. The summed E-state index contributed by atoms with van der Waals surface area (Å²) in [5, 5.41) is 5.94. The topological polar surface area (TPSA) is 96.9 Å². The van der Waals surface area contributed by atoms with E-state index in [2.05, 4.69) is 26.5 Å². The Balaban J connectivity index is 1.61. The number of hydrogen-bond donors (Lipinski definition) is 1. The Kier molecular flexibility index (Phi) is 6.64. The van der Waals surface area contributed by atoms with E-state index < -0.39 is 0 Å². The number of hydrogen-bond acceptors (Lipinski definition) is 7. The number of carbonyl (C=O) groups is 1. The molecule has 2 aliphatic rings. The minimum absolute atomic E-state index is 0.0590. The number of rotatable bonds is 6. The number of nitrogens with two attached hydrogens (primary N) is 1. The smallest absolute Gasteiger partial charge is 0.320 e. The molecule has 8 heteroatoms. The van der Waals surface area contributed by atoms with Crippen molar-refractivity contribution in [3.63, 3.8) is 0 Å². The molecular weight excluding hydrogens is 368 g/mol. The monoisotopic (exact) mass is 396 g/mol. The van der Waals surface area contributed by atoms with Crippen molar-refractivity contribution in [2.24, 2.45) is 11.0 Å². The van der Waals surface area contributed by atoms with Crippen LogP contribution in [-0.4, -0.2) is 53.3 Å². The first kappa shape index (κ1) is 20.6. The molecule has 1 amide bonds. The van der Waals surface area contributed by atoms with Crippen LogP contribution in [0.2, 0.25) is 0 Å². The average molecular weight is 396 g/mol. The molecular formula is C21H28N6O2. The van der Waals surface area contributed by atoms with Crippen molar-refractivity contribution in [3.05, 3.63) is 42.5 Å². The Morgan fingerprint density at radius 1 is 1.31 bits per heavy atom. The maximum Gasteiger partial charge on any atom is 0.320 e. The molecule has 1 atom stereocenters. The second-order valence-electron chi connectivity index (χ2n) is 7.09. The van der Waals surface area contributed by atoms with E-state index in [1.807, 2.05) is 31.2 Å². The van der Waals surface area contributed by atoms with Crippen LogP contribution in [0.5, 0.6) is 6.01 Å². The quantitative estimate of drug-likeness (QED) is 0.742. The van der Waals surface area contributed by atoms with Gasteiger partial charge in [0.15, 0.2) is 0 Å².